The Hall–Kier alpha value is -0.200. The molecule has 0 saturated carbocycles. The Kier molecular flexibility index (Phi) is 4.99. The van der Waals surface area contributed by atoms with Gasteiger partial charge in [0.05, 0.1) is 11.9 Å². The number of aromatic nitrogens is 2. The normalized spacial score (nSPS) is 21.2. The van der Waals surface area contributed by atoms with E-state index in [1.54, 1.807) is 23.5 Å². The monoisotopic (exact) mass is 260 g/mol. The molecule has 0 spiro atoms. The van der Waals surface area contributed by atoms with Gasteiger partial charge in [-0.2, -0.15) is 11.8 Å². The van der Waals surface area contributed by atoms with Crippen molar-refractivity contribution in [3.05, 3.63) is 5.89 Å². The van der Waals surface area contributed by atoms with Crippen molar-refractivity contribution in [1.29, 1.82) is 0 Å². The highest BCUT2D eigenvalue weighted by Crippen LogP contribution is 2.23. The van der Waals surface area contributed by atoms with Crippen LogP contribution in [0.15, 0.2) is 9.64 Å². The first-order chi connectivity index (χ1) is 7.88. The standard InChI is InChI=1S/C10H16N2O2S2/c1-15-7-9-11-12-10(14-9)16-6-8-4-2-3-5-13-8/h8H,2-7H2,1H3/t8-/m0/s1. The first kappa shape index (κ1) is 12.3. The van der Waals surface area contributed by atoms with Crippen molar-refractivity contribution < 1.29 is 9.15 Å². The Morgan fingerprint density at radius 3 is 3.06 bits per heavy atom. The molecule has 0 radical (unpaired) electrons. The van der Waals surface area contributed by atoms with Gasteiger partial charge in [-0.15, -0.1) is 10.2 Å². The van der Waals surface area contributed by atoms with Gasteiger partial charge < -0.3 is 9.15 Å². The number of hydrogen-bond acceptors (Lipinski definition) is 6. The molecule has 1 aliphatic rings. The summed E-state index contributed by atoms with van der Waals surface area (Å²) in [5.41, 5.74) is 0. The number of rotatable bonds is 5. The van der Waals surface area contributed by atoms with Crippen molar-refractivity contribution in [2.24, 2.45) is 0 Å². The minimum Gasteiger partial charge on any atom is -0.415 e. The molecular formula is C10H16N2O2S2. The van der Waals surface area contributed by atoms with Crippen LogP contribution in [-0.2, 0) is 10.5 Å². The van der Waals surface area contributed by atoms with Gasteiger partial charge in [0.2, 0.25) is 5.89 Å². The van der Waals surface area contributed by atoms with Gasteiger partial charge in [0, 0.05) is 12.4 Å². The highest BCUT2D eigenvalue weighted by Gasteiger charge is 2.15. The Balaban J connectivity index is 1.75. The van der Waals surface area contributed by atoms with Gasteiger partial charge in [0.15, 0.2) is 0 Å². The Morgan fingerprint density at radius 1 is 1.38 bits per heavy atom. The van der Waals surface area contributed by atoms with Gasteiger partial charge in [-0.1, -0.05) is 11.8 Å². The Bertz CT molecular complexity index is 314. The van der Waals surface area contributed by atoms with Crippen LogP contribution in [0.2, 0.25) is 0 Å². The maximum absolute atomic E-state index is 5.64. The molecule has 1 fully saturated rings. The lowest BCUT2D eigenvalue weighted by atomic mass is 10.1. The molecule has 0 unspecified atom stereocenters. The summed E-state index contributed by atoms with van der Waals surface area (Å²) >= 11 is 3.28. The molecule has 90 valence electrons. The van der Waals surface area contributed by atoms with Gasteiger partial charge in [-0.25, -0.2) is 0 Å². The van der Waals surface area contributed by atoms with Crippen molar-refractivity contribution in [1.82, 2.24) is 10.2 Å². The molecule has 2 rings (SSSR count). The Labute approximate surface area is 104 Å². The molecule has 0 aromatic carbocycles. The van der Waals surface area contributed by atoms with E-state index in [9.17, 15) is 0 Å². The fourth-order valence-electron chi connectivity index (χ4n) is 1.58. The van der Waals surface area contributed by atoms with E-state index < -0.39 is 0 Å². The van der Waals surface area contributed by atoms with Crippen LogP contribution in [0.25, 0.3) is 0 Å². The van der Waals surface area contributed by atoms with Crippen LogP contribution in [0, 0.1) is 0 Å². The average molecular weight is 260 g/mol. The largest absolute Gasteiger partial charge is 0.415 e. The van der Waals surface area contributed by atoms with Crippen LogP contribution in [0.1, 0.15) is 25.2 Å². The molecule has 1 aromatic heterocycles. The zero-order chi connectivity index (χ0) is 11.2. The first-order valence-electron chi connectivity index (χ1n) is 5.44. The molecule has 1 aromatic rings. The lowest BCUT2D eigenvalue weighted by Gasteiger charge is -2.21. The highest BCUT2D eigenvalue weighted by molar-refractivity contribution is 7.99. The molecule has 2 heterocycles. The van der Waals surface area contributed by atoms with Gasteiger partial charge >= 0.3 is 0 Å². The van der Waals surface area contributed by atoms with Crippen molar-refractivity contribution in [3.63, 3.8) is 0 Å². The lowest BCUT2D eigenvalue weighted by Crippen LogP contribution is -2.21. The van der Waals surface area contributed by atoms with E-state index in [1.165, 1.54) is 12.8 Å². The molecular weight excluding hydrogens is 244 g/mol. The number of ether oxygens (including phenoxy) is 1. The highest BCUT2D eigenvalue weighted by atomic mass is 32.2. The smallest absolute Gasteiger partial charge is 0.276 e. The van der Waals surface area contributed by atoms with Crippen LogP contribution < -0.4 is 0 Å². The van der Waals surface area contributed by atoms with Crippen LogP contribution >= 0.6 is 23.5 Å². The fraction of sp³-hybridized carbons (Fsp3) is 0.800. The fourth-order valence-corrected chi connectivity index (χ4v) is 2.79. The third-order valence-electron chi connectivity index (χ3n) is 2.38. The summed E-state index contributed by atoms with van der Waals surface area (Å²) in [6, 6.07) is 0. The summed E-state index contributed by atoms with van der Waals surface area (Å²) in [6.07, 6.45) is 5.99. The number of hydrogen-bond donors (Lipinski definition) is 0. The van der Waals surface area contributed by atoms with Gasteiger partial charge in [-0.05, 0) is 25.5 Å². The maximum Gasteiger partial charge on any atom is 0.276 e. The SMILES string of the molecule is CSCc1nnc(SC[C@@H]2CCCCO2)o1. The zero-order valence-electron chi connectivity index (χ0n) is 9.35. The lowest BCUT2D eigenvalue weighted by molar-refractivity contribution is 0.0314. The summed E-state index contributed by atoms with van der Waals surface area (Å²) in [7, 11) is 0. The quantitative estimate of drug-likeness (QED) is 0.758. The predicted octanol–water partition coefficient (Wildman–Crippen LogP) is 2.59. The Morgan fingerprint density at radius 2 is 2.31 bits per heavy atom. The van der Waals surface area contributed by atoms with E-state index in [1.807, 2.05) is 6.26 Å². The average Bonchev–Trinajstić information content (AvgIpc) is 2.76. The molecule has 6 heteroatoms. The van der Waals surface area contributed by atoms with E-state index in [0.29, 0.717) is 17.2 Å². The molecule has 1 atom stereocenters. The molecule has 0 aliphatic carbocycles. The summed E-state index contributed by atoms with van der Waals surface area (Å²) in [4.78, 5) is 0. The van der Waals surface area contributed by atoms with Gasteiger partial charge in [0.25, 0.3) is 5.22 Å². The predicted molar refractivity (Wildman–Crippen MR) is 65.8 cm³/mol. The van der Waals surface area contributed by atoms with Gasteiger partial charge in [0.1, 0.15) is 0 Å². The van der Waals surface area contributed by atoms with E-state index in [2.05, 4.69) is 10.2 Å². The molecule has 1 saturated heterocycles. The second-order valence-corrected chi connectivity index (χ2v) is 5.53. The van der Waals surface area contributed by atoms with Gasteiger partial charge in [-0.3, -0.25) is 0 Å². The zero-order valence-corrected chi connectivity index (χ0v) is 11.0. The van der Waals surface area contributed by atoms with Crippen molar-refractivity contribution in [2.45, 2.75) is 36.3 Å². The van der Waals surface area contributed by atoms with Crippen LogP contribution in [-0.4, -0.2) is 34.9 Å². The first-order valence-corrected chi connectivity index (χ1v) is 7.82. The van der Waals surface area contributed by atoms with E-state index in [0.717, 1.165) is 24.5 Å². The molecule has 0 bridgehead atoms. The summed E-state index contributed by atoms with van der Waals surface area (Å²) in [6.45, 7) is 0.896. The molecule has 4 nitrogen and oxygen atoms in total. The van der Waals surface area contributed by atoms with E-state index in [4.69, 9.17) is 9.15 Å². The maximum atomic E-state index is 5.64. The van der Waals surface area contributed by atoms with Crippen molar-refractivity contribution in [3.8, 4) is 0 Å². The number of nitrogens with zero attached hydrogens (tertiary/aromatic N) is 2. The third-order valence-corrected chi connectivity index (χ3v) is 3.87. The minimum atomic E-state index is 0.356. The van der Waals surface area contributed by atoms with Crippen LogP contribution in [0.3, 0.4) is 0 Å². The van der Waals surface area contributed by atoms with Crippen molar-refractivity contribution in [2.75, 3.05) is 18.6 Å². The van der Waals surface area contributed by atoms with E-state index in [-0.39, 0.29) is 0 Å². The van der Waals surface area contributed by atoms with Crippen molar-refractivity contribution >= 4 is 23.5 Å². The van der Waals surface area contributed by atoms with Crippen LogP contribution in [0.4, 0.5) is 0 Å². The molecule has 16 heavy (non-hydrogen) atoms. The molecule has 1 aliphatic heterocycles. The number of thioether (sulfide) groups is 2. The minimum absolute atomic E-state index is 0.356. The van der Waals surface area contributed by atoms with Crippen LogP contribution in [0.5, 0.6) is 0 Å². The summed E-state index contributed by atoms with van der Waals surface area (Å²) in [5, 5.41) is 8.63. The molecule has 0 N–H and O–H groups in total. The summed E-state index contributed by atoms with van der Waals surface area (Å²) in [5.74, 6) is 2.41. The molecule has 0 amide bonds. The topological polar surface area (TPSA) is 48.2 Å². The summed E-state index contributed by atoms with van der Waals surface area (Å²) < 4.78 is 11.1. The second kappa shape index (κ2) is 6.51. The third kappa shape index (κ3) is 3.68. The second-order valence-electron chi connectivity index (χ2n) is 3.69. The van der Waals surface area contributed by atoms with E-state index >= 15 is 0 Å².